The highest BCUT2D eigenvalue weighted by Crippen LogP contribution is 2.21. The van der Waals surface area contributed by atoms with E-state index in [2.05, 4.69) is 14.8 Å². The minimum atomic E-state index is -4.24. The topological polar surface area (TPSA) is 44.5 Å². The summed E-state index contributed by atoms with van der Waals surface area (Å²) in [5, 5.41) is 10.2. The highest BCUT2D eigenvalue weighted by molar-refractivity contribution is 4.94. The predicted octanol–water partition coefficient (Wildman–Crippen LogP) is 1.97. The zero-order valence-corrected chi connectivity index (χ0v) is 14.6. The summed E-state index contributed by atoms with van der Waals surface area (Å²) in [6.07, 6.45) is -1.85. The van der Waals surface area contributed by atoms with Crippen LogP contribution in [-0.2, 0) is 13.1 Å². The molecule has 138 valence electrons. The lowest BCUT2D eigenvalue weighted by Gasteiger charge is -2.37. The summed E-state index contributed by atoms with van der Waals surface area (Å²) in [5.74, 6) is 0.440. The summed E-state index contributed by atoms with van der Waals surface area (Å²) in [6, 6.07) is 0. The Labute approximate surface area is 141 Å². The number of hydrogen-bond acceptors (Lipinski definition) is 4. The first-order valence-corrected chi connectivity index (χ1v) is 8.24. The van der Waals surface area contributed by atoms with E-state index in [-0.39, 0.29) is 5.41 Å². The van der Waals surface area contributed by atoms with Crippen molar-refractivity contribution in [2.24, 2.45) is 5.41 Å². The normalized spacial score (nSPS) is 19.6. The average molecular weight is 348 g/mol. The quantitative estimate of drug-likeness (QED) is 0.884. The number of rotatable bonds is 5. The SMILES string of the molecule is CC(C)(C)[C@@H](O)CN1CCN(Cc2nccn2CC(F)(F)F)CC1. The van der Waals surface area contributed by atoms with E-state index in [1.807, 2.05) is 20.8 Å². The van der Waals surface area contributed by atoms with E-state index in [4.69, 9.17) is 0 Å². The van der Waals surface area contributed by atoms with Crippen LogP contribution in [0.15, 0.2) is 12.4 Å². The van der Waals surface area contributed by atoms with Crippen molar-refractivity contribution in [3.8, 4) is 0 Å². The van der Waals surface area contributed by atoms with Crippen molar-refractivity contribution in [2.45, 2.75) is 46.1 Å². The number of piperazine rings is 1. The second kappa shape index (κ2) is 7.41. The van der Waals surface area contributed by atoms with Gasteiger partial charge in [-0.3, -0.25) is 9.80 Å². The Hall–Kier alpha value is -1.12. The molecule has 1 fully saturated rings. The molecule has 1 aliphatic heterocycles. The number of halogens is 3. The fourth-order valence-corrected chi connectivity index (χ4v) is 2.68. The van der Waals surface area contributed by atoms with Crippen LogP contribution >= 0.6 is 0 Å². The molecule has 24 heavy (non-hydrogen) atoms. The summed E-state index contributed by atoms with van der Waals surface area (Å²) >= 11 is 0. The van der Waals surface area contributed by atoms with Crippen LogP contribution in [0.25, 0.3) is 0 Å². The maximum absolute atomic E-state index is 12.6. The molecule has 8 heteroatoms. The standard InChI is InChI=1S/C16H27F3N4O/c1-15(2,3)13(24)10-21-6-8-22(9-7-21)11-14-20-4-5-23(14)12-16(17,18)19/h4-5,13,24H,6-12H2,1-3H3/t13-/m0/s1. The van der Waals surface area contributed by atoms with Crippen LogP contribution in [0.5, 0.6) is 0 Å². The van der Waals surface area contributed by atoms with E-state index in [0.29, 0.717) is 18.9 Å². The van der Waals surface area contributed by atoms with E-state index >= 15 is 0 Å². The van der Waals surface area contributed by atoms with E-state index in [0.717, 1.165) is 30.7 Å². The van der Waals surface area contributed by atoms with Gasteiger partial charge in [0.1, 0.15) is 12.4 Å². The van der Waals surface area contributed by atoms with Gasteiger partial charge in [0.25, 0.3) is 0 Å². The third-order valence-electron chi connectivity index (χ3n) is 4.41. The van der Waals surface area contributed by atoms with Gasteiger partial charge < -0.3 is 9.67 Å². The highest BCUT2D eigenvalue weighted by atomic mass is 19.4. The molecule has 1 aromatic rings. The van der Waals surface area contributed by atoms with Gasteiger partial charge in [0.05, 0.1) is 12.6 Å². The molecule has 1 N–H and O–H groups in total. The van der Waals surface area contributed by atoms with Crippen molar-refractivity contribution in [1.82, 2.24) is 19.4 Å². The zero-order chi connectivity index (χ0) is 18.0. The Morgan fingerprint density at radius 2 is 1.71 bits per heavy atom. The fraction of sp³-hybridized carbons (Fsp3) is 0.812. The molecular weight excluding hydrogens is 321 g/mol. The Balaban J connectivity index is 1.83. The average Bonchev–Trinajstić information content (AvgIpc) is 2.85. The van der Waals surface area contributed by atoms with E-state index in [1.165, 1.54) is 12.4 Å². The van der Waals surface area contributed by atoms with Gasteiger partial charge in [-0.05, 0) is 5.41 Å². The van der Waals surface area contributed by atoms with Gasteiger partial charge in [-0.15, -0.1) is 0 Å². The number of imidazole rings is 1. The van der Waals surface area contributed by atoms with Crippen molar-refractivity contribution < 1.29 is 18.3 Å². The second-order valence-corrected chi connectivity index (χ2v) is 7.55. The molecule has 0 unspecified atom stereocenters. The molecule has 0 aliphatic carbocycles. The second-order valence-electron chi connectivity index (χ2n) is 7.55. The van der Waals surface area contributed by atoms with Crippen LogP contribution < -0.4 is 0 Å². The Kier molecular flexibility index (Phi) is 5.93. The number of hydrogen-bond donors (Lipinski definition) is 1. The number of aliphatic hydroxyl groups excluding tert-OH is 1. The molecule has 0 saturated carbocycles. The lowest BCUT2D eigenvalue weighted by atomic mass is 9.89. The first-order chi connectivity index (χ1) is 11.0. The van der Waals surface area contributed by atoms with Crippen LogP contribution in [0.2, 0.25) is 0 Å². The highest BCUT2D eigenvalue weighted by Gasteiger charge is 2.30. The molecule has 2 heterocycles. The lowest BCUT2D eigenvalue weighted by Crippen LogP contribution is -2.50. The number of nitrogens with zero attached hydrogens (tertiary/aromatic N) is 4. The molecule has 1 aromatic heterocycles. The van der Waals surface area contributed by atoms with Gasteiger partial charge in [-0.25, -0.2) is 4.98 Å². The van der Waals surface area contributed by atoms with Crippen molar-refractivity contribution in [1.29, 1.82) is 0 Å². The van der Waals surface area contributed by atoms with Crippen molar-refractivity contribution >= 4 is 0 Å². The van der Waals surface area contributed by atoms with Crippen LogP contribution in [0, 0.1) is 5.41 Å². The molecule has 0 bridgehead atoms. The molecule has 0 amide bonds. The van der Waals surface area contributed by atoms with Crippen LogP contribution in [0.4, 0.5) is 13.2 Å². The largest absolute Gasteiger partial charge is 0.406 e. The maximum atomic E-state index is 12.6. The van der Waals surface area contributed by atoms with Gasteiger partial charge in [0.2, 0.25) is 0 Å². The minimum absolute atomic E-state index is 0.153. The fourth-order valence-electron chi connectivity index (χ4n) is 2.68. The summed E-state index contributed by atoms with van der Waals surface area (Å²) in [4.78, 5) is 8.37. The molecule has 1 aliphatic rings. The van der Waals surface area contributed by atoms with Gasteiger partial charge in [0.15, 0.2) is 0 Å². The van der Waals surface area contributed by atoms with Crippen molar-refractivity contribution in [3.63, 3.8) is 0 Å². The molecule has 2 rings (SSSR count). The lowest BCUT2D eigenvalue weighted by molar-refractivity contribution is -0.141. The summed E-state index contributed by atoms with van der Waals surface area (Å²) in [5.41, 5.74) is -0.153. The molecular formula is C16H27F3N4O. The molecule has 0 spiro atoms. The summed E-state index contributed by atoms with van der Waals surface area (Å²) < 4.78 is 38.8. The number of alkyl halides is 3. The zero-order valence-electron chi connectivity index (χ0n) is 14.6. The maximum Gasteiger partial charge on any atom is 0.406 e. The molecule has 5 nitrogen and oxygen atoms in total. The predicted molar refractivity (Wildman–Crippen MR) is 85.5 cm³/mol. The van der Waals surface area contributed by atoms with Crippen LogP contribution in [-0.4, -0.2) is 69.5 Å². The van der Waals surface area contributed by atoms with Gasteiger partial charge >= 0.3 is 6.18 Å². The molecule has 0 radical (unpaired) electrons. The van der Waals surface area contributed by atoms with Gasteiger partial charge in [-0.1, -0.05) is 20.8 Å². The molecule has 1 atom stereocenters. The monoisotopic (exact) mass is 348 g/mol. The third-order valence-corrected chi connectivity index (χ3v) is 4.41. The van der Waals surface area contributed by atoms with Crippen molar-refractivity contribution in [3.05, 3.63) is 18.2 Å². The Morgan fingerprint density at radius 3 is 2.25 bits per heavy atom. The van der Waals surface area contributed by atoms with Gasteiger partial charge in [-0.2, -0.15) is 13.2 Å². The minimum Gasteiger partial charge on any atom is -0.391 e. The number of aliphatic hydroxyl groups is 1. The summed E-state index contributed by atoms with van der Waals surface area (Å²) in [7, 11) is 0. The summed E-state index contributed by atoms with van der Waals surface area (Å²) in [6.45, 7) is 9.18. The van der Waals surface area contributed by atoms with E-state index in [1.54, 1.807) is 0 Å². The molecule has 1 saturated heterocycles. The van der Waals surface area contributed by atoms with Crippen LogP contribution in [0.1, 0.15) is 26.6 Å². The number of β-amino-alcohol motifs (C(OH)–C–C–N with tert-alkyl or cyclic N) is 1. The number of aromatic nitrogens is 2. The van der Waals surface area contributed by atoms with Crippen molar-refractivity contribution in [2.75, 3.05) is 32.7 Å². The molecule has 0 aromatic carbocycles. The first-order valence-electron chi connectivity index (χ1n) is 8.24. The van der Waals surface area contributed by atoms with Crippen LogP contribution in [0.3, 0.4) is 0 Å². The Morgan fingerprint density at radius 1 is 1.12 bits per heavy atom. The van der Waals surface area contributed by atoms with E-state index in [9.17, 15) is 18.3 Å². The third kappa shape index (κ3) is 5.75. The Bertz CT molecular complexity index is 516. The smallest absolute Gasteiger partial charge is 0.391 e. The van der Waals surface area contributed by atoms with Gasteiger partial charge in [0, 0.05) is 45.1 Å². The first kappa shape index (κ1) is 19.2. The van der Waals surface area contributed by atoms with E-state index < -0.39 is 18.8 Å².